The molecule has 0 saturated carbocycles. The molecule has 0 saturated heterocycles. The zero-order valence-corrected chi connectivity index (χ0v) is 18.3. The number of nitrogens with zero attached hydrogens (tertiary/aromatic N) is 1. The molecule has 170 valence electrons. The van der Waals surface area contributed by atoms with Gasteiger partial charge in [-0.15, -0.1) is 0 Å². The van der Waals surface area contributed by atoms with E-state index in [0.717, 1.165) is 5.69 Å². The van der Waals surface area contributed by atoms with Crippen LogP contribution in [0.4, 0.5) is 5.69 Å². The van der Waals surface area contributed by atoms with Crippen molar-refractivity contribution in [1.82, 2.24) is 5.43 Å². The Balaban J connectivity index is 1.32. The third-order valence-corrected chi connectivity index (χ3v) is 4.91. The third-order valence-electron chi connectivity index (χ3n) is 4.58. The number of anilines is 1. The van der Waals surface area contributed by atoms with Crippen molar-refractivity contribution in [3.63, 3.8) is 0 Å². The topological polar surface area (TPSA) is 111 Å². The Morgan fingerprint density at radius 2 is 1.97 bits per heavy atom. The molecule has 2 aromatic carbocycles. The number of carbonyl (C=O) groups is 2. The number of hydrogen-bond donors (Lipinski definition) is 2. The fourth-order valence-corrected chi connectivity index (χ4v) is 3.21. The van der Waals surface area contributed by atoms with Crippen LogP contribution in [0, 0.1) is 0 Å². The molecular formula is C23H20ClN3O6. The van der Waals surface area contributed by atoms with E-state index in [1.165, 1.54) is 6.21 Å². The van der Waals surface area contributed by atoms with E-state index in [9.17, 15) is 9.59 Å². The van der Waals surface area contributed by atoms with E-state index >= 15 is 0 Å². The lowest BCUT2D eigenvalue weighted by Gasteiger charge is -2.06. The molecule has 2 heterocycles. The average Bonchev–Trinajstić information content (AvgIpc) is 3.47. The minimum atomic E-state index is -0.505. The van der Waals surface area contributed by atoms with Crippen LogP contribution in [-0.2, 0) is 9.53 Å². The van der Waals surface area contributed by atoms with Gasteiger partial charge in [0, 0.05) is 17.3 Å². The number of carbonyl (C=O) groups excluding carboxylic acids is 2. The van der Waals surface area contributed by atoms with Crippen LogP contribution >= 0.6 is 11.6 Å². The van der Waals surface area contributed by atoms with Gasteiger partial charge in [0.1, 0.15) is 11.5 Å². The molecule has 1 aliphatic heterocycles. The quantitative estimate of drug-likeness (QED) is 0.290. The van der Waals surface area contributed by atoms with Crippen molar-refractivity contribution >= 4 is 35.4 Å². The minimum Gasteiger partial charge on any atom is -0.462 e. The van der Waals surface area contributed by atoms with Crippen molar-refractivity contribution < 1.29 is 28.2 Å². The molecule has 1 aromatic heterocycles. The normalized spacial score (nSPS) is 12.1. The monoisotopic (exact) mass is 469 g/mol. The highest BCUT2D eigenvalue weighted by Gasteiger charge is 2.15. The smallest absolute Gasteiger partial charge is 0.339 e. The van der Waals surface area contributed by atoms with Crippen molar-refractivity contribution in [2.24, 2.45) is 5.10 Å². The number of halogens is 1. The second-order valence-electron chi connectivity index (χ2n) is 6.83. The van der Waals surface area contributed by atoms with E-state index in [0.29, 0.717) is 33.6 Å². The predicted molar refractivity (Wildman–Crippen MR) is 122 cm³/mol. The number of hydrogen-bond acceptors (Lipinski definition) is 8. The Morgan fingerprint density at radius 1 is 1.12 bits per heavy atom. The van der Waals surface area contributed by atoms with Crippen LogP contribution in [0.2, 0.25) is 5.02 Å². The van der Waals surface area contributed by atoms with E-state index < -0.39 is 5.97 Å². The summed E-state index contributed by atoms with van der Waals surface area (Å²) in [5.41, 5.74) is 4.05. The molecule has 4 rings (SSSR count). The summed E-state index contributed by atoms with van der Waals surface area (Å²) in [5.74, 6) is 1.38. The van der Waals surface area contributed by atoms with Gasteiger partial charge in [0.15, 0.2) is 11.5 Å². The van der Waals surface area contributed by atoms with Gasteiger partial charge in [-0.05, 0) is 49.4 Å². The first-order chi connectivity index (χ1) is 16.0. The number of fused-ring (bicyclic) bond motifs is 1. The molecule has 1 aliphatic rings. The molecule has 9 nitrogen and oxygen atoms in total. The van der Waals surface area contributed by atoms with Crippen LogP contribution in [0.3, 0.4) is 0 Å². The minimum absolute atomic E-state index is 0.0157. The van der Waals surface area contributed by atoms with E-state index in [1.54, 1.807) is 55.5 Å². The Hall–Kier alpha value is -3.98. The molecule has 33 heavy (non-hydrogen) atoms. The number of rotatable bonds is 8. The summed E-state index contributed by atoms with van der Waals surface area (Å²) in [6, 6.07) is 13.7. The van der Waals surface area contributed by atoms with E-state index in [2.05, 4.69) is 15.8 Å². The van der Waals surface area contributed by atoms with Crippen LogP contribution in [0.15, 0.2) is 58.0 Å². The Bertz CT molecular complexity index is 1210. The maximum atomic E-state index is 12.0. The number of hydrazone groups is 1. The van der Waals surface area contributed by atoms with Gasteiger partial charge in [0.25, 0.3) is 5.91 Å². The summed E-state index contributed by atoms with van der Waals surface area (Å²) in [5, 5.41) is 7.18. The first-order valence-electron chi connectivity index (χ1n) is 10.1. The molecule has 0 unspecified atom stereocenters. The van der Waals surface area contributed by atoms with Crippen LogP contribution in [0.5, 0.6) is 11.5 Å². The lowest BCUT2D eigenvalue weighted by molar-refractivity contribution is -0.119. The highest BCUT2D eigenvalue weighted by molar-refractivity contribution is 6.33. The molecule has 0 atom stereocenters. The summed E-state index contributed by atoms with van der Waals surface area (Å²) in [6.07, 6.45) is 1.38. The van der Waals surface area contributed by atoms with Gasteiger partial charge in [-0.3, -0.25) is 4.79 Å². The van der Waals surface area contributed by atoms with Crippen LogP contribution in [0.25, 0.3) is 11.3 Å². The summed E-state index contributed by atoms with van der Waals surface area (Å²) in [7, 11) is 0. The number of ether oxygens (including phenoxy) is 3. The number of nitrogens with one attached hydrogen (secondary N) is 2. The molecule has 3 aromatic rings. The van der Waals surface area contributed by atoms with Gasteiger partial charge in [-0.2, -0.15) is 5.10 Å². The van der Waals surface area contributed by atoms with Gasteiger partial charge in [0.05, 0.1) is 30.0 Å². The second kappa shape index (κ2) is 10.1. The fourth-order valence-electron chi connectivity index (χ4n) is 3.02. The standard InChI is InChI=1S/C23H20ClN3O6/c1-2-30-23(29)17-9-14(3-6-18(17)24)19-8-5-16(33-19)11-26-27-22(28)12-25-15-4-7-20-21(10-15)32-13-31-20/h3-11,25H,2,12-13H2,1H3,(H,27,28)/b26-11+. The van der Waals surface area contributed by atoms with Crippen molar-refractivity contribution in [2.45, 2.75) is 6.92 Å². The average molecular weight is 470 g/mol. The van der Waals surface area contributed by atoms with Crippen molar-refractivity contribution in [1.29, 1.82) is 0 Å². The van der Waals surface area contributed by atoms with Gasteiger partial charge < -0.3 is 23.9 Å². The Labute approximate surface area is 194 Å². The van der Waals surface area contributed by atoms with Crippen LogP contribution in [0.1, 0.15) is 23.0 Å². The zero-order valence-electron chi connectivity index (χ0n) is 17.6. The molecule has 10 heteroatoms. The summed E-state index contributed by atoms with van der Waals surface area (Å²) >= 11 is 6.10. The zero-order chi connectivity index (χ0) is 23.2. The van der Waals surface area contributed by atoms with E-state index in [-0.39, 0.29) is 31.4 Å². The molecule has 0 fully saturated rings. The highest BCUT2D eigenvalue weighted by atomic mass is 35.5. The van der Waals surface area contributed by atoms with Gasteiger partial charge in [-0.25, -0.2) is 10.2 Å². The third kappa shape index (κ3) is 5.45. The molecule has 0 spiro atoms. The van der Waals surface area contributed by atoms with Crippen LogP contribution in [-0.4, -0.2) is 38.0 Å². The summed E-state index contributed by atoms with van der Waals surface area (Å²) in [4.78, 5) is 24.1. The first-order valence-corrected chi connectivity index (χ1v) is 10.4. The van der Waals surface area contributed by atoms with Gasteiger partial charge >= 0.3 is 5.97 Å². The van der Waals surface area contributed by atoms with E-state index in [4.69, 9.17) is 30.2 Å². The van der Waals surface area contributed by atoms with E-state index in [1.807, 2.05) is 0 Å². The predicted octanol–water partition coefficient (Wildman–Crippen LogP) is 4.07. The number of amides is 1. The molecular weight excluding hydrogens is 450 g/mol. The largest absolute Gasteiger partial charge is 0.462 e. The maximum absolute atomic E-state index is 12.0. The highest BCUT2D eigenvalue weighted by Crippen LogP contribution is 2.34. The van der Waals surface area contributed by atoms with Crippen LogP contribution < -0.4 is 20.2 Å². The lowest BCUT2D eigenvalue weighted by Crippen LogP contribution is -2.25. The van der Waals surface area contributed by atoms with Crippen molar-refractivity contribution in [3.8, 4) is 22.8 Å². The number of esters is 1. The second-order valence-corrected chi connectivity index (χ2v) is 7.24. The SMILES string of the molecule is CCOC(=O)c1cc(-c2ccc(/C=N/NC(=O)CNc3ccc4c(c3)OCO4)o2)ccc1Cl. The fraction of sp³-hybridized carbons (Fsp3) is 0.174. The lowest BCUT2D eigenvalue weighted by atomic mass is 10.1. The molecule has 1 amide bonds. The summed E-state index contributed by atoms with van der Waals surface area (Å²) in [6.45, 7) is 2.17. The molecule has 0 bridgehead atoms. The molecule has 2 N–H and O–H groups in total. The summed E-state index contributed by atoms with van der Waals surface area (Å²) < 4.78 is 21.3. The van der Waals surface area contributed by atoms with Crippen molar-refractivity contribution in [2.75, 3.05) is 25.3 Å². The Morgan fingerprint density at radius 3 is 2.82 bits per heavy atom. The Kier molecular flexibility index (Phi) is 6.80. The van der Waals surface area contributed by atoms with Gasteiger partial charge in [0.2, 0.25) is 6.79 Å². The number of benzene rings is 2. The maximum Gasteiger partial charge on any atom is 0.339 e. The molecule has 0 radical (unpaired) electrons. The molecule has 0 aliphatic carbocycles. The first kappa shape index (κ1) is 22.2. The van der Waals surface area contributed by atoms with Gasteiger partial charge in [-0.1, -0.05) is 11.6 Å². The number of furan rings is 1. The van der Waals surface area contributed by atoms with Crippen molar-refractivity contribution in [3.05, 3.63) is 64.9 Å².